The van der Waals surface area contributed by atoms with E-state index in [2.05, 4.69) is 6.07 Å². The van der Waals surface area contributed by atoms with Crippen LogP contribution in [0.25, 0.3) is 0 Å². The van der Waals surface area contributed by atoms with Crippen LogP contribution in [-0.4, -0.2) is 5.11 Å². The zero-order valence-electron chi connectivity index (χ0n) is 8.43. The molecule has 0 fully saturated rings. The lowest BCUT2D eigenvalue weighted by Crippen LogP contribution is -2.12. The molecule has 1 rings (SSSR count). The summed E-state index contributed by atoms with van der Waals surface area (Å²) in [4.78, 5) is 0. The average Bonchev–Trinajstić information content (AvgIpc) is 2.07. The number of hydrogen-bond donors (Lipinski definition) is 1. The third kappa shape index (κ3) is 2.18. The van der Waals surface area contributed by atoms with E-state index in [0.29, 0.717) is 5.56 Å². The minimum atomic E-state index is -0.142. The molecular weight excluding hydrogens is 289 g/mol. The van der Waals surface area contributed by atoms with Gasteiger partial charge in [-0.25, -0.2) is 0 Å². The number of halogens is 1. The van der Waals surface area contributed by atoms with Crippen molar-refractivity contribution in [1.29, 1.82) is 5.26 Å². The number of nitrogens with zero attached hydrogens (tertiary/aromatic N) is 1. The third-order valence-electron chi connectivity index (χ3n) is 2.00. The number of rotatable bonds is 0. The van der Waals surface area contributed by atoms with Gasteiger partial charge < -0.3 is 5.11 Å². The van der Waals surface area contributed by atoms with E-state index in [4.69, 9.17) is 5.26 Å². The summed E-state index contributed by atoms with van der Waals surface area (Å²) in [6.07, 6.45) is 0. The van der Waals surface area contributed by atoms with E-state index in [9.17, 15) is 5.11 Å². The van der Waals surface area contributed by atoms with Crippen molar-refractivity contribution in [2.75, 3.05) is 0 Å². The molecule has 1 N–H and O–H groups in total. The van der Waals surface area contributed by atoms with E-state index in [1.54, 1.807) is 12.1 Å². The van der Waals surface area contributed by atoms with Gasteiger partial charge in [-0.3, -0.25) is 0 Å². The maximum absolute atomic E-state index is 9.84. The Bertz CT molecular complexity index is 399. The number of hydrogen-bond acceptors (Lipinski definition) is 2. The van der Waals surface area contributed by atoms with Gasteiger partial charge in [0, 0.05) is 5.56 Å². The first-order valence-corrected chi connectivity index (χ1v) is 5.37. The van der Waals surface area contributed by atoms with Crippen molar-refractivity contribution in [2.45, 2.75) is 26.2 Å². The molecule has 0 atom stereocenters. The second kappa shape index (κ2) is 3.77. The predicted molar refractivity (Wildman–Crippen MR) is 64.2 cm³/mol. The molecule has 2 nitrogen and oxygen atoms in total. The Kier molecular flexibility index (Phi) is 3.05. The lowest BCUT2D eigenvalue weighted by molar-refractivity contribution is 0.443. The largest absolute Gasteiger partial charge is 0.507 e. The van der Waals surface area contributed by atoms with Crippen molar-refractivity contribution >= 4 is 22.6 Å². The molecule has 14 heavy (non-hydrogen) atoms. The molecular formula is C11H12INO. The van der Waals surface area contributed by atoms with Crippen LogP contribution < -0.4 is 0 Å². The van der Waals surface area contributed by atoms with E-state index >= 15 is 0 Å². The van der Waals surface area contributed by atoms with Crippen LogP contribution in [0.2, 0.25) is 0 Å². The molecule has 1 aromatic rings. The van der Waals surface area contributed by atoms with Gasteiger partial charge in [0.05, 0.1) is 15.2 Å². The molecule has 0 spiro atoms. The van der Waals surface area contributed by atoms with Crippen LogP contribution in [0.1, 0.15) is 31.9 Å². The highest BCUT2D eigenvalue weighted by molar-refractivity contribution is 14.1. The lowest BCUT2D eigenvalue weighted by atomic mass is 9.85. The van der Waals surface area contributed by atoms with Gasteiger partial charge in [-0.05, 0) is 40.1 Å². The topological polar surface area (TPSA) is 44.0 Å². The predicted octanol–water partition coefficient (Wildman–Crippen LogP) is 3.17. The van der Waals surface area contributed by atoms with Gasteiger partial charge in [0.1, 0.15) is 5.75 Å². The number of aromatic hydroxyl groups is 1. The molecule has 74 valence electrons. The molecule has 1 aromatic carbocycles. The fourth-order valence-electron chi connectivity index (χ4n) is 1.24. The van der Waals surface area contributed by atoms with Crippen molar-refractivity contribution in [3.8, 4) is 11.8 Å². The van der Waals surface area contributed by atoms with E-state index < -0.39 is 0 Å². The van der Waals surface area contributed by atoms with Gasteiger partial charge in [0.15, 0.2) is 0 Å². The summed E-state index contributed by atoms with van der Waals surface area (Å²) < 4.78 is 0.728. The Morgan fingerprint density at radius 1 is 1.36 bits per heavy atom. The fourth-order valence-corrected chi connectivity index (χ4v) is 1.86. The van der Waals surface area contributed by atoms with Crippen molar-refractivity contribution in [1.82, 2.24) is 0 Å². The van der Waals surface area contributed by atoms with E-state index in [1.165, 1.54) is 0 Å². The molecule has 0 aliphatic carbocycles. The number of phenolic OH excluding ortho intramolecular Hbond substituents is 1. The number of phenols is 1. The first kappa shape index (κ1) is 11.3. The second-order valence-corrected chi connectivity index (χ2v) is 5.38. The first-order chi connectivity index (χ1) is 6.36. The monoisotopic (exact) mass is 301 g/mol. The van der Waals surface area contributed by atoms with E-state index in [-0.39, 0.29) is 11.2 Å². The minimum absolute atomic E-state index is 0.142. The maximum Gasteiger partial charge on any atom is 0.132 e. The van der Waals surface area contributed by atoms with Crippen LogP contribution in [0.5, 0.6) is 5.75 Å². The van der Waals surface area contributed by atoms with Crippen LogP contribution >= 0.6 is 22.6 Å². The first-order valence-electron chi connectivity index (χ1n) is 4.29. The highest BCUT2D eigenvalue weighted by Gasteiger charge is 2.20. The van der Waals surface area contributed by atoms with Crippen molar-refractivity contribution in [3.63, 3.8) is 0 Å². The van der Waals surface area contributed by atoms with Gasteiger partial charge in [-0.2, -0.15) is 5.26 Å². The van der Waals surface area contributed by atoms with Crippen LogP contribution in [0.4, 0.5) is 0 Å². The number of nitriles is 1. The van der Waals surface area contributed by atoms with Gasteiger partial charge in [0.2, 0.25) is 0 Å². The Morgan fingerprint density at radius 3 is 2.36 bits per heavy atom. The smallest absolute Gasteiger partial charge is 0.132 e. The highest BCUT2D eigenvalue weighted by Crippen LogP contribution is 2.34. The van der Waals surface area contributed by atoms with Gasteiger partial charge in [0.25, 0.3) is 0 Å². The van der Waals surface area contributed by atoms with Crippen LogP contribution in [-0.2, 0) is 5.41 Å². The zero-order chi connectivity index (χ0) is 10.9. The van der Waals surface area contributed by atoms with Gasteiger partial charge >= 0.3 is 0 Å². The summed E-state index contributed by atoms with van der Waals surface area (Å²) >= 11 is 2.04. The van der Waals surface area contributed by atoms with Crippen LogP contribution in [0.3, 0.4) is 0 Å². The minimum Gasteiger partial charge on any atom is -0.507 e. The fraction of sp³-hybridized carbons (Fsp3) is 0.364. The molecule has 0 unspecified atom stereocenters. The summed E-state index contributed by atoms with van der Waals surface area (Å²) in [5.41, 5.74) is 1.27. The lowest BCUT2D eigenvalue weighted by Gasteiger charge is -2.21. The number of benzene rings is 1. The Labute approximate surface area is 97.7 Å². The molecule has 0 saturated carbocycles. The summed E-state index contributed by atoms with van der Waals surface area (Å²) in [5.74, 6) is 0.289. The third-order valence-corrected chi connectivity index (χ3v) is 2.82. The Balaban J connectivity index is 3.44. The quantitative estimate of drug-likeness (QED) is 0.748. The van der Waals surface area contributed by atoms with Crippen molar-refractivity contribution in [3.05, 3.63) is 26.8 Å². The normalized spacial score (nSPS) is 11.1. The summed E-state index contributed by atoms with van der Waals surface area (Å²) in [6, 6.07) is 5.52. The summed E-state index contributed by atoms with van der Waals surface area (Å²) in [6.45, 7) is 6.04. The SMILES string of the molecule is CC(C)(C)c1cc(C#N)cc(I)c1O. The molecule has 0 aliphatic heterocycles. The molecule has 0 saturated heterocycles. The molecule has 0 bridgehead atoms. The maximum atomic E-state index is 9.84. The molecule has 0 amide bonds. The second-order valence-electron chi connectivity index (χ2n) is 4.22. The Morgan fingerprint density at radius 2 is 1.93 bits per heavy atom. The summed E-state index contributed by atoms with van der Waals surface area (Å²) in [5, 5.41) is 18.6. The zero-order valence-corrected chi connectivity index (χ0v) is 10.6. The molecule has 0 aliphatic rings. The average molecular weight is 301 g/mol. The van der Waals surface area contributed by atoms with Crippen molar-refractivity contribution < 1.29 is 5.11 Å². The Hall–Kier alpha value is -0.760. The molecule has 0 radical (unpaired) electrons. The standard InChI is InChI=1S/C11H12INO/c1-11(2,3)8-4-7(6-13)5-9(12)10(8)14/h4-5,14H,1-3H3. The van der Waals surface area contributed by atoms with Crippen molar-refractivity contribution in [2.24, 2.45) is 0 Å². The highest BCUT2D eigenvalue weighted by atomic mass is 127. The molecule has 0 heterocycles. The summed E-state index contributed by atoms with van der Waals surface area (Å²) in [7, 11) is 0. The van der Waals surface area contributed by atoms with Crippen LogP contribution in [0.15, 0.2) is 12.1 Å². The van der Waals surface area contributed by atoms with E-state index in [1.807, 2.05) is 43.4 Å². The van der Waals surface area contributed by atoms with Gasteiger partial charge in [-0.1, -0.05) is 20.8 Å². The molecule has 3 heteroatoms. The van der Waals surface area contributed by atoms with Crippen LogP contribution in [0, 0.1) is 14.9 Å². The van der Waals surface area contributed by atoms with Gasteiger partial charge in [-0.15, -0.1) is 0 Å². The van der Waals surface area contributed by atoms with E-state index in [0.717, 1.165) is 9.13 Å². The molecule has 0 aromatic heterocycles.